The maximum absolute atomic E-state index is 5.48. The molecule has 1 aliphatic carbocycles. The Hall–Kier alpha value is -2.02. The van der Waals surface area contributed by atoms with E-state index < -0.39 is 0 Å². The highest BCUT2D eigenvalue weighted by Crippen LogP contribution is 2.40. The first-order valence-electron chi connectivity index (χ1n) is 10.2. The lowest BCUT2D eigenvalue weighted by atomic mass is 10.1. The van der Waals surface area contributed by atoms with Gasteiger partial charge in [0.1, 0.15) is 16.5 Å². The van der Waals surface area contributed by atoms with Crippen molar-refractivity contribution in [3.63, 3.8) is 0 Å². The fourth-order valence-electron chi connectivity index (χ4n) is 4.20. The summed E-state index contributed by atoms with van der Waals surface area (Å²) in [4.78, 5) is 15.0. The molecule has 2 aliphatic rings. The van der Waals surface area contributed by atoms with Crippen molar-refractivity contribution >= 4 is 27.4 Å². The van der Waals surface area contributed by atoms with Gasteiger partial charge >= 0.3 is 0 Å². The molecule has 3 aromatic rings. The van der Waals surface area contributed by atoms with E-state index in [1.165, 1.54) is 34.2 Å². The van der Waals surface area contributed by atoms with Crippen LogP contribution < -0.4 is 5.32 Å². The zero-order valence-corrected chi connectivity index (χ0v) is 17.1. The molecule has 1 saturated heterocycles. The summed E-state index contributed by atoms with van der Waals surface area (Å²) in [5, 5.41) is 4.96. The van der Waals surface area contributed by atoms with E-state index >= 15 is 0 Å². The van der Waals surface area contributed by atoms with Crippen molar-refractivity contribution < 1.29 is 4.74 Å². The van der Waals surface area contributed by atoms with Gasteiger partial charge < -0.3 is 10.1 Å². The van der Waals surface area contributed by atoms with E-state index in [1.807, 2.05) is 11.3 Å². The normalized spacial score (nSPS) is 18.3. The van der Waals surface area contributed by atoms with Crippen LogP contribution in [0.1, 0.15) is 41.2 Å². The molecule has 0 saturated carbocycles. The molecule has 1 aliphatic heterocycles. The van der Waals surface area contributed by atoms with Crippen LogP contribution in [0.3, 0.4) is 0 Å². The Morgan fingerprint density at radius 1 is 1.14 bits per heavy atom. The Morgan fingerprint density at radius 2 is 1.96 bits per heavy atom. The number of hydrogen-bond donors (Lipinski definition) is 1. The Bertz CT molecular complexity index is 966. The SMILES string of the molecule is C[C@@H](Nc1nc(CN2CCOCC2)nc2sc3c(c12)CCC3)c1ccccc1. The molecule has 5 nitrogen and oxygen atoms in total. The fourth-order valence-corrected chi connectivity index (χ4v) is 5.48. The lowest BCUT2D eigenvalue weighted by Crippen LogP contribution is -2.36. The van der Waals surface area contributed by atoms with Crippen molar-refractivity contribution in [2.75, 3.05) is 31.6 Å². The van der Waals surface area contributed by atoms with Crippen molar-refractivity contribution in [1.29, 1.82) is 0 Å². The Morgan fingerprint density at radius 3 is 2.79 bits per heavy atom. The van der Waals surface area contributed by atoms with E-state index in [0.29, 0.717) is 0 Å². The highest BCUT2D eigenvalue weighted by Gasteiger charge is 2.24. The molecule has 28 heavy (non-hydrogen) atoms. The quantitative estimate of drug-likeness (QED) is 0.703. The van der Waals surface area contributed by atoms with Crippen molar-refractivity contribution in [2.24, 2.45) is 0 Å². The summed E-state index contributed by atoms with van der Waals surface area (Å²) in [5.41, 5.74) is 2.75. The van der Waals surface area contributed by atoms with Crippen LogP contribution in [0.25, 0.3) is 10.2 Å². The average molecular weight is 395 g/mol. The number of nitrogens with one attached hydrogen (secondary N) is 1. The van der Waals surface area contributed by atoms with E-state index in [2.05, 4.69) is 47.5 Å². The third-order valence-electron chi connectivity index (χ3n) is 5.73. The monoisotopic (exact) mass is 394 g/mol. The van der Waals surface area contributed by atoms with Crippen molar-refractivity contribution in [1.82, 2.24) is 14.9 Å². The minimum atomic E-state index is 0.201. The van der Waals surface area contributed by atoms with Gasteiger partial charge in [-0.2, -0.15) is 0 Å². The van der Waals surface area contributed by atoms with Gasteiger partial charge in [0.15, 0.2) is 0 Å². The van der Waals surface area contributed by atoms with Crippen LogP contribution in [0.15, 0.2) is 30.3 Å². The molecule has 3 heterocycles. The second-order valence-electron chi connectivity index (χ2n) is 7.69. The number of aromatic nitrogens is 2. The minimum Gasteiger partial charge on any atom is -0.379 e. The molecule has 1 fully saturated rings. The summed E-state index contributed by atoms with van der Waals surface area (Å²) in [5.74, 6) is 1.92. The maximum atomic E-state index is 5.48. The van der Waals surface area contributed by atoms with Crippen molar-refractivity contribution in [3.8, 4) is 0 Å². The van der Waals surface area contributed by atoms with Crippen LogP contribution >= 0.6 is 11.3 Å². The Labute approximate surface area is 169 Å². The third-order valence-corrected chi connectivity index (χ3v) is 6.92. The molecule has 1 atom stereocenters. The summed E-state index contributed by atoms with van der Waals surface area (Å²) < 4.78 is 5.48. The van der Waals surface area contributed by atoms with Gasteiger partial charge in [-0.05, 0) is 37.3 Å². The van der Waals surface area contributed by atoms with Crippen LogP contribution in [-0.4, -0.2) is 41.2 Å². The van der Waals surface area contributed by atoms with Crippen LogP contribution in [0.2, 0.25) is 0 Å². The second-order valence-corrected chi connectivity index (χ2v) is 8.77. The molecule has 1 aromatic carbocycles. The summed E-state index contributed by atoms with van der Waals surface area (Å²) >= 11 is 1.87. The van der Waals surface area contributed by atoms with Crippen LogP contribution in [0.4, 0.5) is 5.82 Å². The standard InChI is InChI=1S/C22H26N4OS/c1-15(16-6-3-2-4-7-16)23-21-20-17-8-5-9-18(17)28-22(20)25-19(24-21)14-26-10-12-27-13-11-26/h2-4,6-7,15H,5,8-14H2,1H3,(H,23,24,25)/t15-/m1/s1. The zero-order valence-electron chi connectivity index (χ0n) is 16.3. The van der Waals surface area contributed by atoms with Crippen LogP contribution in [0.5, 0.6) is 0 Å². The molecular weight excluding hydrogens is 368 g/mol. The second kappa shape index (κ2) is 7.78. The molecule has 0 bridgehead atoms. The van der Waals surface area contributed by atoms with E-state index in [-0.39, 0.29) is 6.04 Å². The number of benzene rings is 1. The van der Waals surface area contributed by atoms with E-state index in [1.54, 1.807) is 0 Å². The minimum absolute atomic E-state index is 0.201. The van der Waals surface area contributed by atoms with Gasteiger partial charge in [0, 0.05) is 24.0 Å². The molecule has 1 N–H and O–H groups in total. The topological polar surface area (TPSA) is 50.3 Å². The first-order chi connectivity index (χ1) is 13.8. The average Bonchev–Trinajstić information content (AvgIpc) is 3.30. The van der Waals surface area contributed by atoms with Gasteiger partial charge in [-0.25, -0.2) is 9.97 Å². The van der Waals surface area contributed by atoms with E-state index in [9.17, 15) is 0 Å². The number of anilines is 1. The lowest BCUT2D eigenvalue weighted by Gasteiger charge is -2.26. The number of thiophene rings is 1. The summed E-state index contributed by atoms with van der Waals surface area (Å²) in [6.45, 7) is 6.49. The number of nitrogens with zero attached hydrogens (tertiary/aromatic N) is 3. The highest BCUT2D eigenvalue weighted by molar-refractivity contribution is 7.19. The first-order valence-corrected chi connectivity index (χ1v) is 11.0. The Balaban J connectivity index is 1.51. The molecule has 0 unspecified atom stereocenters. The van der Waals surface area contributed by atoms with Gasteiger partial charge in [-0.15, -0.1) is 11.3 Å². The predicted octanol–water partition coefficient (Wildman–Crippen LogP) is 4.19. The molecule has 146 valence electrons. The van der Waals surface area contributed by atoms with Crippen LogP contribution in [0, 0.1) is 0 Å². The van der Waals surface area contributed by atoms with E-state index in [4.69, 9.17) is 14.7 Å². The molecular formula is C22H26N4OS. The number of aryl methyl sites for hydroxylation is 2. The highest BCUT2D eigenvalue weighted by atomic mass is 32.1. The third kappa shape index (κ3) is 3.52. The number of ether oxygens (including phenoxy) is 1. The molecule has 5 rings (SSSR count). The Kier molecular flexibility index (Phi) is 5.01. The smallest absolute Gasteiger partial charge is 0.146 e. The molecule has 0 radical (unpaired) electrons. The molecule has 0 amide bonds. The fraction of sp³-hybridized carbons (Fsp3) is 0.455. The predicted molar refractivity (Wildman–Crippen MR) is 114 cm³/mol. The van der Waals surface area contributed by atoms with Gasteiger partial charge in [-0.1, -0.05) is 30.3 Å². The number of rotatable bonds is 5. The summed E-state index contributed by atoms with van der Waals surface area (Å²) in [7, 11) is 0. The molecule has 0 spiro atoms. The zero-order chi connectivity index (χ0) is 18.9. The van der Waals surface area contributed by atoms with Crippen LogP contribution in [-0.2, 0) is 24.1 Å². The molecule has 2 aromatic heterocycles. The largest absolute Gasteiger partial charge is 0.379 e. The van der Waals surface area contributed by atoms with Gasteiger partial charge in [0.25, 0.3) is 0 Å². The number of fused-ring (bicyclic) bond motifs is 3. The van der Waals surface area contributed by atoms with Gasteiger partial charge in [0.2, 0.25) is 0 Å². The lowest BCUT2D eigenvalue weighted by molar-refractivity contribution is 0.0331. The first kappa shape index (κ1) is 18.0. The number of morpholine rings is 1. The van der Waals surface area contributed by atoms with Gasteiger partial charge in [-0.3, -0.25) is 4.90 Å². The summed E-state index contributed by atoms with van der Waals surface area (Å²) in [6.07, 6.45) is 3.58. The molecule has 6 heteroatoms. The van der Waals surface area contributed by atoms with Gasteiger partial charge in [0.05, 0.1) is 25.1 Å². The number of hydrogen-bond acceptors (Lipinski definition) is 6. The summed E-state index contributed by atoms with van der Waals surface area (Å²) in [6, 6.07) is 10.8. The van der Waals surface area contributed by atoms with Crippen molar-refractivity contribution in [3.05, 3.63) is 52.2 Å². The van der Waals surface area contributed by atoms with E-state index in [0.717, 1.165) is 55.7 Å². The maximum Gasteiger partial charge on any atom is 0.146 e. The van der Waals surface area contributed by atoms with Crippen molar-refractivity contribution in [2.45, 2.75) is 38.8 Å².